The molecule has 1 aliphatic rings. The van der Waals surface area contributed by atoms with Crippen LogP contribution in [-0.4, -0.2) is 36.1 Å². The summed E-state index contributed by atoms with van der Waals surface area (Å²) in [5.41, 5.74) is 0.0364. The quantitative estimate of drug-likeness (QED) is 0.651. The molecule has 7 nitrogen and oxygen atoms in total. The Morgan fingerprint density at radius 1 is 1.57 bits per heavy atom. The predicted molar refractivity (Wildman–Crippen MR) is 80.6 cm³/mol. The van der Waals surface area contributed by atoms with E-state index in [4.69, 9.17) is 0 Å². The number of aliphatic hydroxyl groups is 1. The number of thiophene rings is 1. The van der Waals surface area contributed by atoms with E-state index in [9.17, 15) is 20.0 Å². The normalized spacial score (nSPS) is 17.6. The lowest BCUT2D eigenvalue weighted by molar-refractivity contribution is -0.383. The van der Waals surface area contributed by atoms with E-state index < -0.39 is 11.0 Å². The first kappa shape index (κ1) is 15.7. The van der Waals surface area contributed by atoms with Gasteiger partial charge in [0.05, 0.1) is 11.0 Å². The van der Waals surface area contributed by atoms with Crippen molar-refractivity contribution in [2.75, 3.05) is 25.0 Å². The standard InChI is InChI=1S/C13H19N3O4S/c1-8(17)11-7-10(16(19)20)13(21-11)15-5-3-9(4-6-15)12(18)14-2/h7-9,17H,3-6H2,1-2H3,(H,14,18)/t8-/m0/s1. The van der Waals surface area contributed by atoms with E-state index in [2.05, 4.69) is 5.32 Å². The van der Waals surface area contributed by atoms with Gasteiger partial charge in [-0.25, -0.2) is 0 Å². The van der Waals surface area contributed by atoms with E-state index in [0.29, 0.717) is 35.8 Å². The highest BCUT2D eigenvalue weighted by molar-refractivity contribution is 7.16. The van der Waals surface area contributed by atoms with Crippen LogP contribution in [0.3, 0.4) is 0 Å². The summed E-state index contributed by atoms with van der Waals surface area (Å²) >= 11 is 1.25. The molecule has 116 valence electrons. The Morgan fingerprint density at radius 2 is 2.19 bits per heavy atom. The van der Waals surface area contributed by atoms with Gasteiger partial charge >= 0.3 is 5.69 Å². The lowest BCUT2D eigenvalue weighted by Gasteiger charge is -2.31. The van der Waals surface area contributed by atoms with Crippen molar-refractivity contribution < 1.29 is 14.8 Å². The number of hydrogen-bond donors (Lipinski definition) is 2. The molecule has 8 heteroatoms. The molecule has 0 radical (unpaired) electrons. The molecule has 0 aliphatic carbocycles. The average Bonchev–Trinajstić information content (AvgIpc) is 2.92. The third kappa shape index (κ3) is 3.33. The van der Waals surface area contributed by atoms with Crippen molar-refractivity contribution in [1.82, 2.24) is 5.32 Å². The third-order valence-corrected chi connectivity index (χ3v) is 5.08. The molecule has 2 heterocycles. The summed E-state index contributed by atoms with van der Waals surface area (Å²) in [6, 6.07) is 1.44. The van der Waals surface area contributed by atoms with Crippen molar-refractivity contribution in [2.45, 2.75) is 25.9 Å². The predicted octanol–water partition coefficient (Wildman–Crippen LogP) is 1.67. The fourth-order valence-corrected chi connectivity index (χ4v) is 3.62. The number of nitrogens with zero attached hydrogens (tertiary/aromatic N) is 2. The number of rotatable bonds is 4. The van der Waals surface area contributed by atoms with Gasteiger partial charge in [0.25, 0.3) is 0 Å². The molecule has 1 atom stereocenters. The Balaban J connectivity index is 2.16. The fraction of sp³-hybridized carbons (Fsp3) is 0.615. The van der Waals surface area contributed by atoms with Crippen LogP contribution in [0.2, 0.25) is 0 Å². The minimum absolute atomic E-state index is 0.0264. The van der Waals surface area contributed by atoms with Crippen molar-refractivity contribution in [3.05, 3.63) is 21.1 Å². The van der Waals surface area contributed by atoms with Crippen molar-refractivity contribution in [3.63, 3.8) is 0 Å². The van der Waals surface area contributed by atoms with E-state index in [1.54, 1.807) is 14.0 Å². The molecule has 1 saturated heterocycles. The van der Waals surface area contributed by atoms with Gasteiger partial charge in [0, 0.05) is 37.0 Å². The average molecular weight is 313 g/mol. The summed E-state index contributed by atoms with van der Waals surface area (Å²) in [5.74, 6) is 0.00139. The van der Waals surface area contributed by atoms with Gasteiger partial charge in [0.2, 0.25) is 5.91 Å². The minimum atomic E-state index is -0.717. The minimum Gasteiger partial charge on any atom is -0.388 e. The van der Waals surface area contributed by atoms with Gasteiger partial charge in [0.1, 0.15) is 0 Å². The van der Waals surface area contributed by atoms with Crippen LogP contribution in [-0.2, 0) is 4.79 Å². The number of nitrogens with one attached hydrogen (secondary N) is 1. The Labute approximate surface area is 126 Å². The van der Waals surface area contributed by atoms with Gasteiger partial charge in [0.15, 0.2) is 5.00 Å². The highest BCUT2D eigenvalue weighted by Crippen LogP contribution is 2.41. The molecule has 0 aromatic carbocycles. The number of amides is 1. The summed E-state index contributed by atoms with van der Waals surface area (Å²) in [5, 5.41) is 24.0. The first-order chi connectivity index (χ1) is 9.93. The zero-order chi connectivity index (χ0) is 15.6. The molecule has 1 aromatic heterocycles. The number of anilines is 1. The second kappa shape index (κ2) is 6.40. The molecule has 1 fully saturated rings. The summed E-state index contributed by atoms with van der Waals surface area (Å²) in [6.45, 7) is 2.81. The van der Waals surface area contributed by atoms with Crippen LogP contribution in [0.5, 0.6) is 0 Å². The molecule has 0 unspecified atom stereocenters. The number of aliphatic hydroxyl groups excluding tert-OH is 1. The highest BCUT2D eigenvalue weighted by Gasteiger charge is 2.30. The van der Waals surface area contributed by atoms with E-state index >= 15 is 0 Å². The van der Waals surface area contributed by atoms with Crippen molar-refractivity contribution >= 4 is 27.9 Å². The van der Waals surface area contributed by atoms with Crippen molar-refractivity contribution in [3.8, 4) is 0 Å². The second-order valence-corrected chi connectivity index (χ2v) is 6.21. The molecule has 1 aliphatic heterocycles. The molecular formula is C13H19N3O4S. The number of carbonyl (C=O) groups is 1. The lowest BCUT2D eigenvalue weighted by Crippen LogP contribution is -2.39. The van der Waals surface area contributed by atoms with Crippen LogP contribution in [0.15, 0.2) is 6.07 Å². The topological polar surface area (TPSA) is 95.7 Å². The van der Waals surface area contributed by atoms with Crippen LogP contribution < -0.4 is 10.2 Å². The van der Waals surface area contributed by atoms with Gasteiger partial charge < -0.3 is 15.3 Å². The Kier molecular flexibility index (Phi) is 4.79. The first-order valence-electron chi connectivity index (χ1n) is 6.86. The monoisotopic (exact) mass is 313 g/mol. The zero-order valence-corrected chi connectivity index (χ0v) is 12.9. The summed E-state index contributed by atoms with van der Waals surface area (Å²) in [4.78, 5) is 24.9. The van der Waals surface area contributed by atoms with Crippen LogP contribution >= 0.6 is 11.3 Å². The maximum Gasteiger partial charge on any atom is 0.304 e. The molecular weight excluding hydrogens is 294 g/mol. The molecule has 2 rings (SSSR count). The van der Waals surface area contributed by atoms with Crippen LogP contribution in [0.1, 0.15) is 30.7 Å². The molecule has 1 amide bonds. The number of hydrogen-bond acceptors (Lipinski definition) is 6. The molecule has 2 N–H and O–H groups in total. The largest absolute Gasteiger partial charge is 0.388 e. The maximum atomic E-state index is 11.6. The number of nitro groups is 1. The lowest BCUT2D eigenvalue weighted by atomic mass is 9.96. The Bertz CT molecular complexity index is 536. The smallest absolute Gasteiger partial charge is 0.304 e. The van der Waals surface area contributed by atoms with E-state index in [1.165, 1.54) is 17.4 Å². The van der Waals surface area contributed by atoms with Gasteiger partial charge in [-0.3, -0.25) is 14.9 Å². The second-order valence-electron chi connectivity index (χ2n) is 5.15. The first-order valence-corrected chi connectivity index (χ1v) is 7.68. The van der Waals surface area contributed by atoms with E-state index in [-0.39, 0.29) is 17.5 Å². The van der Waals surface area contributed by atoms with E-state index in [1.807, 2.05) is 4.90 Å². The van der Waals surface area contributed by atoms with Gasteiger partial charge in [-0.1, -0.05) is 0 Å². The molecule has 0 spiro atoms. The summed E-state index contributed by atoms with van der Waals surface area (Å²) in [6.07, 6.45) is 0.642. The summed E-state index contributed by atoms with van der Waals surface area (Å²) in [7, 11) is 1.62. The zero-order valence-electron chi connectivity index (χ0n) is 12.0. The van der Waals surface area contributed by atoms with Crippen LogP contribution in [0.4, 0.5) is 10.7 Å². The van der Waals surface area contributed by atoms with Gasteiger partial charge in [-0.05, 0) is 19.8 Å². The molecule has 1 aromatic rings. The summed E-state index contributed by atoms with van der Waals surface area (Å²) < 4.78 is 0. The molecule has 21 heavy (non-hydrogen) atoms. The van der Waals surface area contributed by atoms with E-state index in [0.717, 1.165) is 0 Å². The highest BCUT2D eigenvalue weighted by atomic mass is 32.1. The SMILES string of the molecule is CNC(=O)C1CCN(c2sc([C@H](C)O)cc2[N+](=O)[O-])CC1. The van der Waals surface area contributed by atoms with Crippen molar-refractivity contribution in [1.29, 1.82) is 0 Å². The number of piperidine rings is 1. The van der Waals surface area contributed by atoms with Crippen LogP contribution in [0.25, 0.3) is 0 Å². The van der Waals surface area contributed by atoms with Crippen LogP contribution in [0, 0.1) is 16.0 Å². The fourth-order valence-electron chi connectivity index (χ4n) is 2.50. The Hall–Kier alpha value is -1.67. The Morgan fingerprint density at radius 3 is 2.67 bits per heavy atom. The molecule has 0 bridgehead atoms. The van der Waals surface area contributed by atoms with Gasteiger partial charge in [-0.15, -0.1) is 11.3 Å². The maximum absolute atomic E-state index is 11.6. The third-order valence-electron chi connectivity index (χ3n) is 3.72. The van der Waals surface area contributed by atoms with Gasteiger partial charge in [-0.2, -0.15) is 0 Å². The molecule has 0 saturated carbocycles. The number of carbonyl (C=O) groups excluding carboxylic acids is 1. The van der Waals surface area contributed by atoms with Crippen molar-refractivity contribution in [2.24, 2.45) is 5.92 Å².